The minimum Gasteiger partial charge on any atom is -0.338 e. The van der Waals surface area contributed by atoms with Crippen LogP contribution < -0.4 is 15.5 Å². The SMILES string of the molecule is CNCC1CCCN(C(=O)c2cc(N3CCNC3=O)ccc2Cl)C1. The highest BCUT2D eigenvalue weighted by atomic mass is 35.5. The molecule has 1 aromatic rings. The molecule has 24 heavy (non-hydrogen) atoms. The molecule has 2 aliphatic rings. The van der Waals surface area contributed by atoms with Crippen molar-refractivity contribution in [1.29, 1.82) is 0 Å². The van der Waals surface area contributed by atoms with E-state index in [1.165, 1.54) is 0 Å². The minimum absolute atomic E-state index is 0.0535. The largest absolute Gasteiger partial charge is 0.338 e. The first-order valence-electron chi connectivity index (χ1n) is 8.39. The van der Waals surface area contributed by atoms with Crippen LogP contribution in [0.1, 0.15) is 23.2 Å². The third-order valence-corrected chi connectivity index (χ3v) is 4.98. The van der Waals surface area contributed by atoms with Crippen LogP contribution in [-0.4, -0.2) is 56.6 Å². The summed E-state index contributed by atoms with van der Waals surface area (Å²) in [5.74, 6) is 0.418. The van der Waals surface area contributed by atoms with E-state index >= 15 is 0 Å². The molecule has 1 unspecified atom stereocenters. The van der Waals surface area contributed by atoms with Gasteiger partial charge in [-0.3, -0.25) is 9.69 Å². The van der Waals surface area contributed by atoms with E-state index < -0.39 is 0 Å². The highest BCUT2D eigenvalue weighted by Gasteiger charge is 2.27. The summed E-state index contributed by atoms with van der Waals surface area (Å²) < 4.78 is 0. The number of amides is 3. The van der Waals surface area contributed by atoms with Gasteiger partial charge < -0.3 is 15.5 Å². The molecular formula is C17H23ClN4O2. The van der Waals surface area contributed by atoms with E-state index in [1.54, 1.807) is 23.1 Å². The van der Waals surface area contributed by atoms with Gasteiger partial charge in [0.05, 0.1) is 10.6 Å². The zero-order valence-corrected chi connectivity index (χ0v) is 14.6. The van der Waals surface area contributed by atoms with Crippen LogP contribution in [0.2, 0.25) is 5.02 Å². The van der Waals surface area contributed by atoms with Crippen LogP contribution >= 0.6 is 11.6 Å². The molecule has 7 heteroatoms. The van der Waals surface area contributed by atoms with E-state index in [2.05, 4.69) is 10.6 Å². The Hall–Kier alpha value is -1.79. The second-order valence-corrected chi connectivity index (χ2v) is 6.77. The Balaban J connectivity index is 1.80. The van der Waals surface area contributed by atoms with Crippen LogP contribution in [0.5, 0.6) is 0 Å². The molecule has 6 nitrogen and oxygen atoms in total. The summed E-state index contributed by atoms with van der Waals surface area (Å²) in [5, 5.41) is 6.38. The molecule has 3 amide bonds. The first-order valence-corrected chi connectivity index (χ1v) is 8.76. The molecule has 2 heterocycles. The monoisotopic (exact) mass is 350 g/mol. The van der Waals surface area contributed by atoms with Gasteiger partial charge in [-0.1, -0.05) is 11.6 Å². The summed E-state index contributed by atoms with van der Waals surface area (Å²) in [6.07, 6.45) is 2.14. The molecule has 0 bridgehead atoms. The van der Waals surface area contributed by atoms with Gasteiger partial charge in [0.2, 0.25) is 0 Å². The average molecular weight is 351 g/mol. The predicted octanol–water partition coefficient (Wildman–Crippen LogP) is 1.94. The predicted molar refractivity (Wildman–Crippen MR) is 94.8 cm³/mol. The lowest BCUT2D eigenvalue weighted by Crippen LogP contribution is -2.42. The van der Waals surface area contributed by atoms with Crippen LogP contribution in [-0.2, 0) is 0 Å². The number of piperidine rings is 1. The van der Waals surface area contributed by atoms with Crippen LogP contribution in [0.4, 0.5) is 10.5 Å². The number of carbonyl (C=O) groups excluding carboxylic acids is 2. The molecule has 2 saturated heterocycles. The molecule has 2 aliphatic heterocycles. The van der Waals surface area contributed by atoms with Crippen LogP contribution in [0.3, 0.4) is 0 Å². The van der Waals surface area contributed by atoms with Crippen molar-refractivity contribution < 1.29 is 9.59 Å². The van der Waals surface area contributed by atoms with Gasteiger partial charge in [0.15, 0.2) is 0 Å². The Morgan fingerprint density at radius 1 is 1.42 bits per heavy atom. The first-order chi connectivity index (χ1) is 11.6. The highest BCUT2D eigenvalue weighted by molar-refractivity contribution is 6.34. The number of likely N-dealkylation sites (tertiary alicyclic amines) is 1. The molecule has 2 N–H and O–H groups in total. The lowest BCUT2D eigenvalue weighted by molar-refractivity contribution is 0.0674. The number of rotatable bonds is 4. The fourth-order valence-corrected chi connectivity index (χ4v) is 3.64. The summed E-state index contributed by atoms with van der Waals surface area (Å²) >= 11 is 6.27. The number of halogens is 1. The highest BCUT2D eigenvalue weighted by Crippen LogP contribution is 2.27. The normalized spacial score (nSPS) is 21.1. The molecule has 0 aliphatic carbocycles. The Morgan fingerprint density at radius 2 is 2.25 bits per heavy atom. The molecule has 130 valence electrons. The lowest BCUT2D eigenvalue weighted by Gasteiger charge is -2.33. The number of hydrogen-bond donors (Lipinski definition) is 2. The quantitative estimate of drug-likeness (QED) is 0.872. The molecule has 0 spiro atoms. The molecule has 3 rings (SSSR count). The minimum atomic E-state index is -0.136. The number of benzene rings is 1. The van der Waals surface area contributed by atoms with Crippen LogP contribution in [0, 0.1) is 5.92 Å². The van der Waals surface area contributed by atoms with Crippen molar-refractivity contribution in [3.05, 3.63) is 28.8 Å². The van der Waals surface area contributed by atoms with Crippen molar-refractivity contribution in [3.8, 4) is 0 Å². The lowest BCUT2D eigenvalue weighted by atomic mass is 9.97. The number of urea groups is 1. The third-order valence-electron chi connectivity index (χ3n) is 4.65. The smallest absolute Gasteiger partial charge is 0.321 e. The van der Waals surface area contributed by atoms with Crippen LogP contribution in [0.25, 0.3) is 0 Å². The fourth-order valence-electron chi connectivity index (χ4n) is 3.44. The number of nitrogens with zero attached hydrogens (tertiary/aromatic N) is 2. The third kappa shape index (κ3) is 3.49. The summed E-state index contributed by atoms with van der Waals surface area (Å²) in [4.78, 5) is 28.3. The van der Waals surface area contributed by atoms with Crippen LogP contribution in [0.15, 0.2) is 18.2 Å². The first kappa shape index (κ1) is 17.0. The number of hydrogen-bond acceptors (Lipinski definition) is 3. The van der Waals surface area contributed by atoms with Gasteiger partial charge in [-0.25, -0.2) is 4.79 Å². The van der Waals surface area contributed by atoms with E-state index in [1.807, 2.05) is 11.9 Å². The Kier molecular flexibility index (Phi) is 5.26. The Morgan fingerprint density at radius 3 is 2.96 bits per heavy atom. The molecule has 2 fully saturated rings. The molecular weight excluding hydrogens is 328 g/mol. The number of nitrogens with one attached hydrogen (secondary N) is 2. The Bertz CT molecular complexity index is 635. The zero-order chi connectivity index (χ0) is 17.1. The number of carbonyl (C=O) groups is 2. The van der Waals surface area contributed by atoms with Gasteiger partial charge in [0.25, 0.3) is 5.91 Å². The zero-order valence-electron chi connectivity index (χ0n) is 13.8. The van der Waals surface area contributed by atoms with E-state index in [4.69, 9.17) is 11.6 Å². The summed E-state index contributed by atoms with van der Waals surface area (Å²) in [6, 6.07) is 5.08. The van der Waals surface area contributed by atoms with Gasteiger partial charge in [-0.2, -0.15) is 0 Å². The van der Waals surface area contributed by atoms with Gasteiger partial charge in [0, 0.05) is 31.9 Å². The van der Waals surface area contributed by atoms with E-state index in [0.29, 0.717) is 35.3 Å². The second-order valence-electron chi connectivity index (χ2n) is 6.36. The maximum absolute atomic E-state index is 12.9. The topological polar surface area (TPSA) is 64.7 Å². The van der Waals surface area contributed by atoms with Crippen molar-refractivity contribution in [3.63, 3.8) is 0 Å². The molecule has 1 aromatic carbocycles. The van der Waals surface area contributed by atoms with E-state index in [-0.39, 0.29) is 11.9 Å². The van der Waals surface area contributed by atoms with Gasteiger partial charge >= 0.3 is 6.03 Å². The van der Waals surface area contributed by atoms with Crippen molar-refractivity contribution in [2.24, 2.45) is 5.92 Å². The molecule has 1 atom stereocenters. The summed E-state index contributed by atoms with van der Waals surface area (Å²) in [7, 11) is 1.93. The maximum atomic E-state index is 12.9. The van der Waals surface area contributed by atoms with Crippen molar-refractivity contribution in [2.75, 3.05) is 44.7 Å². The van der Waals surface area contributed by atoms with Crippen molar-refractivity contribution in [2.45, 2.75) is 12.8 Å². The van der Waals surface area contributed by atoms with Gasteiger partial charge in [0.1, 0.15) is 0 Å². The second kappa shape index (κ2) is 7.40. The van der Waals surface area contributed by atoms with Crippen molar-refractivity contribution >= 4 is 29.2 Å². The molecule has 0 aromatic heterocycles. The standard InChI is InChI=1S/C17H23ClN4O2/c1-19-10-12-3-2-7-21(11-12)16(23)14-9-13(4-5-15(14)18)22-8-6-20-17(22)24/h4-5,9,12,19H,2-3,6-8,10-11H2,1H3,(H,20,24). The average Bonchev–Trinajstić information content (AvgIpc) is 3.01. The maximum Gasteiger partial charge on any atom is 0.321 e. The fraction of sp³-hybridized carbons (Fsp3) is 0.529. The molecule has 0 radical (unpaired) electrons. The van der Waals surface area contributed by atoms with Crippen molar-refractivity contribution in [1.82, 2.24) is 15.5 Å². The van der Waals surface area contributed by atoms with Gasteiger partial charge in [-0.05, 0) is 50.6 Å². The number of anilines is 1. The Labute approximate surface area is 147 Å². The van der Waals surface area contributed by atoms with E-state index in [0.717, 1.165) is 32.5 Å². The van der Waals surface area contributed by atoms with E-state index in [9.17, 15) is 9.59 Å². The van der Waals surface area contributed by atoms with Gasteiger partial charge in [-0.15, -0.1) is 0 Å². The summed E-state index contributed by atoms with van der Waals surface area (Å²) in [5.41, 5.74) is 1.18. The summed E-state index contributed by atoms with van der Waals surface area (Å²) in [6.45, 7) is 3.62. The molecule has 0 saturated carbocycles.